The molecule has 0 saturated carbocycles. The van der Waals surface area contributed by atoms with Crippen molar-refractivity contribution in [3.8, 4) is 0 Å². The number of para-hydroxylation sites is 1. The molecule has 31 heavy (non-hydrogen) atoms. The average molecular weight is 440 g/mol. The summed E-state index contributed by atoms with van der Waals surface area (Å²) in [4.78, 5) is 40.8. The van der Waals surface area contributed by atoms with E-state index in [9.17, 15) is 27.6 Å². The topological polar surface area (TPSA) is 66.9 Å². The van der Waals surface area contributed by atoms with E-state index in [-0.39, 0.29) is 12.5 Å². The molecule has 3 rings (SSSR count). The maximum Gasteiger partial charge on any atom is 0.410 e. The Bertz CT molecular complexity index is 868. The molecule has 1 spiro atoms. The quantitative estimate of drug-likeness (QED) is 0.703. The average Bonchev–Trinajstić information content (AvgIpc) is 2.88. The smallest absolute Gasteiger partial charge is 0.410 e. The van der Waals surface area contributed by atoms with Gasteiger partial charge in [0.25, 0.3) is 0 Å². The lowest BCUT2D eigenvalue weighted by molar-refractivity contribution is -0.142. The molecule has 2 heterocycles. The second kappa shape index (κ2) is 8.16. The fraction of sp³-hybridized carbons (Fsp3) is 0.591. The molecule has 9 heteroatoms. The van der Waals surface area contributed by atoms with Crippen molar-refractivity contribution in [2.45, 2.75) is 63.6 Å². The van der Waals surface area contributed by atoms with Crippen LogP contribution in [0.15, 0.2) is 24.3 Å². The van der Waals surface area contributed by atoms with Gasteiger partial charge in [0.15, 0.2) is 5.78 Å². The van der Waals surface area contributed by atoms with E-state index in [1.165, 1.54) is 4.90 Å². The largest absolute Gasteiger partial charge is 0.444 e. The van der Waals surface area contributed by atoms with Gasteiger partial charge in [-0.15, -0.1) is 0 Å². The van der Waals surface area contributed by atoms with Crippen LogP contribution < -0.4 is 4.90 Å². The van der Waals surface area contributed by atoms with Crippen LogP contribution in [0.5, 0.6) is 0 Å². The Morgan fingerprint density at radius 2 is 1.71 bits per heavy atom. The number of rotatable bonds is 4. The van der Waals surface area contributed by atoms with Crippen molar-refractivity contribution < 1.29 is 32.3 Å². The Balaban J connectivity index is 1.75. The zero-order valence-corrected chi connectivity index (χ0v) is 17.9. The zero-order valence-electron chi connectivity index (χ0n) is 17.9. The number of hydrogen-bond donors (Lipinski definition) is 0. The molecule has 0 N–H and O–H groups in total. The van der Waals surface area contributed by atoms with E-state index < -0.39 is 41.9 Å². The van der Waals surface area contributed by atoms with Gasteiger partial charge in [-0.3, -0.25) is 9.59 Å². The Morgan fingerprint density at radius 3 is 2.29 bits per heavy atom. The summed E-state index contributed by atoms with van der Waals surface area (Å²) >= 11 is 0. The van der Waals surface area contributed by atoms with Gasteiger partial charge in [0.2, 0.25) is 5.91 Å². The first-order valence-electron chi connectivity index (χ1n) is 10.3. The summed E-state index contributed by atoms with van der Waals surface area (Å²) in [6, 6.07) is 7.05. The second-order valence-electron chi connectivity index (χ2n) is 9.11. The van der Waals surface area contributed by atoms with E-state index in [0.717, 1.165) is 5.56 Å². The molecule has 6 nitrogen and oxygen atoms in total. The molecular formula is C22H27F3N2O4. The molecule has 170 valence electrons. The number of anilines is 1. The van der Waals surface area contributed by atoms with Gasteiger partial charge in [-0.05, 0) is 45.2 Å². The third-order valence-corrected chi connectivity index (χ3v) is 5.66. The van der Waals surface area contributed by atoms with Gasteiger partial charge in [0.05, 0.1) is 18.4 Å². The SMILES string of the molecule is CC(C)(C)OC(=O)N1CCC2(CC1)C(=O)N(CC(=O)CCC(F)(F)F)c1ccccc12. The highest BCUT2D eigenvalue weighted by Gasteiger charge is 2.52. The molecule has 1 aromatic rings. The fourth-order valence-electron chi connectivity index (χ4n) is 4.17. The van der Waals surface area contributed by atoms with Gasteiger partial charge >= 0.3 is 12.3 Å². The number of carbonyl (C=O) groups is 3. The van der Waals surface area contributed by atoms with Gasteiger partial charge < -0.3 is 14.5 Å². The number of hydrogen-bond acceptors (Lipinski definition) is 4. The zero-order chi connectivity index (χ0) is 23.0. The summed E-state index contributed by atoms with van der Waals surface area (Å²) in [7, 11) is 0. The van der Waals surface area contributed by atoms with Crippen molar-refractivity contribution in [2.24, 2.45) is 0 Å². The second-order valence-corrected chi connectivity index (χ2v) is 9.11. The maximum atomic E-state index is 13.4. The molecule has 1 fully saturated rings. The van der Waals surface area contributed by atoms with Crippen molar-refractivity contribution in [3.05, 3.63) is 29.8 Å². The molecule has 0 atom stereocenters. The van der Waals surface area contributed by atoms with Crippen LogP contribution in [0, 0.1) is 0 Å². The number of alkyl halides is 3. The van der Waals surface area contributed by atoms with Gasteiger partial charge in [-0.1, -0.05) is 18.2 Å². The maximum absolute atomic E-state index is 13.4. The van der Waals surface area contributed by atoms with E-state index in [0.29, 0.717) is 31.6 Å². The van der Waals surface area contributed by atoms with Crippen molar-refractivity contribution >= 4 is 23.5 Å². The number of piperidine rings is 1. The molecular weight excluding hydrogens is 413 g/mol. The van der Waals surface area contributed by atoms with Crippen LogP contribution in [0.25, 0.3) is 0 Å². The first kappa shape index (κ1) is 23.1. The highest BCUT2D eigenvalue weighted by molar-refractivity contribution is 6.11. The van der Waals surface area contributed by atoms with Crippen molar-refractivity contribution in [3.63, 3.8) is 0 Å². The number of fused-ring (bicyclic) bond motifs is 2. The standard InChI is InChI=1S/C22H27F3N2O4/c1-20(2,3)31-19(30)26-12-10-21(11-13-26)16-6-4-5-7-17(16)27(18(21)29)14-15(28)8-9-22(23,24)25/h4-7H,8-14H2,1-3H3. The number of benzene rings is 1. The molecule has 2 amide bonds. The molecule has 1 aromatic carbocycles. The van der Waals surface area contributed by atoms with Crippen LogP contribution in [-0.4, -0.2) is 54.1 Å². The van der Waals surface area contributed by atoms with Gasteiger partial charge in [0, 0.05) is 25.2 Å². The van der Waals surface area contributed by atoms with Gasteiger partial charge in [0.1, 0.15) is 5.60 Å². The number of halogens is 3. The van der Waals surface area contributed by atoms with Crippen molar-refractivity contribution in [1.29, 1.82) is 0 Å². The lowest BCUT2D eigenvalue weighted by Crippen LogP contribution is -2.51. The monoisotopic (exact) mass is 440 g/mol. The predicted octanol–water partition coefficient (Wildman–Crippen LogP) is 4.21. The third kappa shape index (κ3) is 5.02. The minimum Gasteiger partial charge on any atom is -0.444 e. The van der Waals surface area contributed by atoms with E-state index in [1.54, 1.807) is 43.9 Å². The van der Waals surface area contributed by atoms with E-state index in [2.05, 4.69) is 0 Å². The van der Waals surface area contributed by atoms with Crippen LogP contribution in [0.3, 0.4) is 0 Å². The Labute approximate surface area is 179 Å². The normalized spacial score (nSPS) is 18.3. The van der Waals surface area contributed by atoms with Crippen molar-refractivity contribution in [2.75, 3.05) is 24.5 Å². The Hall–Kier alpha value is -2.58. The van der Waals surface area contributed by atoms with Gasteiger partial charge in [-0.25, -0.2) is 4.79 Å². The molecule has 0 bridgehead atoms. The summed E-state index contributed by atoms with van der Waals surface area (Å²) in [6.07, 6.45) is -6.01. The summed E-state index contributed by atoms with van der Waals surface area (Å²) in [5.41, 5.74) is -0.208. The number of ketones is 1. The first-order chi connectivity index (χ1) is 14.3. The van der Waals surface area contributed by atoms with Crippen LogP contribution in [-0.2, 0) is 19.7 Å². The van der Waals surface area contributed by atoms with Crippen LogP contribution in [0.2, 0.25) is 0 Å². The van der Waals surface area contributed by atoms with Gasteiger partial charge in [-0.2, -0.15) is 13.2 Å². The Kier molecular flexibility index (Phi) is 6.08. The first-order valence-corrected chi connectivity index (χ1v) is 10.3. The summed E-state index contributed by atoms with van der Waals surface area (Å²) < 4.78 is 42.8. The molecule has 2 aliphatic heterocycles. The molecule has 2 aliphatic rings. The number of ether oxygens (including phenoxy) is 1. The highest BCUT2D eigenvalue weighted by atomic mass is 19.4. The van der Waals surface area contributed by atoms with E-state index in [4.69, 9.17) is 4.74 Å². The Morgan fingerprint density at radius 1 is 1.10 bits per heavy atom. The van der Waals surface area contributed by atoms with Crippen LogP contribution >= 0.6 is 0 Å². The predicted molar refractivity (Wildman–Crippen MR) is 108 cm³/mol. The molecule has 0 unspecified atom stereocenters. The molecule has 0 aliphatic carbocycles. The van der Waals surface area contributed by atoms with E-state index in [1.807, 2.05) is 6.07 Å². The summed E-state index contributed by atoms with van der Waals surface area (Å²) in [5.74, 6) is -0.929. The lowest BCUT2D eigenvalue weighted by atomic mass is 9.73. The number of carbonyl (C=O) groups excluding carboxylic acids is 3. The number of likely N-dealkylation sites (tertiary alicyclic amines) is 1. The van der Waals surface area contributed by atoms with Crippen LogP contribution in [0.1, 0.15) is 52.0 Å². The third-order valence-electron chi connectivity index (χ3n) is 5.66. The highest BCUT2D eigenvalue weighted by Crippen LogP contribution is 2.48. The van der Waals surface area contributed by atoms with Crippen LogP contribution in [0.4, 0.5) is 23.7 Å². The fourth-order valence-corrected chi connectivity index (χ4v) is 4.17. The molecule has 0 radical (unpaired) electrons. The minimum atomic E-state index is -4.42. The molecule has 0 aromatic heterocycles. The summed E-state index contributed by atoms with van der Waals surface area (Å²) in [5, 5.41) is 0. The summed E-state index contributed by atoms with van der Waals surface area (Å²) in [6.45, 7) is 5.57. The number of amides is 2. The number of nitrogens with zero attached hydrogens (tertiary/aromatic N) is 2. The van der Waals surface area contributed by atoms with Crippen molar-refractivity contribution in [1.82, 2.24) is 4.90 Å². The molecule has 1 saturated heterocycles. The lowest BCUT2D eigenvalue weighted by Gasteiger charge is -2.38. The number of Topliss-reactive ketones (excluding diaryl/α,β-unsaturated/α-hetero) is 1. The van der Waals surface area contributed by atoms with E-state index >= 15 is 0 Å². The minimum absolute atomic E-state index is 0.294.